The minimum absolute atomic E-state index is 0.157. The molecule has 0 bridgehead atoms. The van der Waals surface area contributed by atoms with Crippen LogP contribution in [0.15, 0.2) is 42.5 Å². The van der Waals surface area contributed by atoms with Crippen LogP contribution in [0.2, 0.25) is 5.02 Å². The summed E-state index contributed by atoms with van der Waals surface area (Å²) in [5.41, 5.74) is 1.89. The molecule has 0 fully saturated rings. The molecule has 6 heteroatoms. The van der Waals surface area contributed by atoms with Crippen LogP contribution in [0.3, 0.4) is 0 Å². The molecular formula is C20H20ClNO4. The number of halogens is 1. The molecule has 1 atom stereocenters. The van der Waals surface area contributed by atoms with E-state index in [0.29, 0.717) is 28.6 Å². The van der Waals surface area contributed by atoms with Gasteiger partial charge in [0.15, 0.2) is 6.10 Å². The zero-order chi connectivity index (χ0) is 18.8. The van der Waals surface area contributed by atoms with Crippen molar-refractivity contribution in [1.29, 1.82) is 0 Å². The normalized spacial score (nSPS) is 16.3. The summed E-state index contributed by atoms with van der Waals surface area (Å²) < 4.78 is 10.9. The first-order valence-corrected chi connectivity index (χ1v) is 8.80. The lowest BCUT2D eigenvalue weighted by molar-refractivity contribution is -0.125. The maximum absolute atomic E-state index is 12.6. The predicted octanol–water partition coefficient (Wildman–Crippen LogP) is 4.22. The Kier molecular flexibility index (Phi) is 5.18. The molecule has 1 unspecified atom stereocenters. The smallest absolute Gasteiger partial charge is 0.338 e. The first-order chi connectivity index (χ1) is 12.3. The fourth-order valence-electron chi connectivity index (χ4n) is 2.80. The molecule has 0 N–H and O–H groups in total. The molecule has 0 saturated carbocycles. The second-order valence-electron chi connectivity index (χ2n) is 6.45. The monoisotopic (exact) mass is 373 g/mol. The van der Waals surface area contributed by atoms with Crippen LogP contribution in [-0.2, 0) is 16.1 Å². The number of fused-ring (bicyclic) bond motifs is 1. The molecule has 26 heavy (non-hydrogen) atoms. The Morgan fingerprint density at radius 2 is 2.04 bits per heavy atom. The summed E-state index contributed by atoms with van der Waals surface area (Å²) in [6.07, 6.45) is -0.778. The van der Waals surface area contributed by atoms with Crippen molar-refractivity contribution in [3.63, 3.8) is 0 Å². The second-order valence-corrected chi connectivity index (χ2v) is 6.89. The third-order valence-electron chi connectivity index (χ3n) is 3.98. The van der Waals surface area contributed by atoms with Crippen molar-refractivity contribution < 1.29 is 19.1 Å². The molecule has 1 aliphatic rings. The highest BCUT2D eigenvalue weighted by molar-refractivity contribution is 6.31. The van der Waals surface area contributed by atoms with E-state index in [1.165, 1.54) is 0 Å². The Morgan fingerprint density at radius 1 is 1.27 bits per heavy atom. The zero-order valence-electron chi connectivity index (χ0n) is 14.9. The van der Waals surface area contributed by atoms with Crippen LogP contribution in [0.25, 0.3) is 0 Å². The van der Waals surface area contributed by atoms with Crippen molar-refractivity contribution in [2.75, 3.05) is 4.90 Å². The molecule has 1 aliphatic heterocycles. The molecule has 5 nitrogen and oxygen atoms in total. The van der Waals surface area contributed by atoms with Crippen molar-refractivity contribution in [3.8, 4) is 5.75 Å². The summed E-state index contributed by atoms with van der Waals surface area (Å²) in [4.78, 5) is 26.4. The van der Waals surface area contributed by atoms with Crippen LogP contribution >= 0.6 is 11.6 Å². The lowest BCUT2D eigenvalue weighted by Crippen LogP contribution is -2.44. The third-order valence-corrected chi connectivity index (χ3v) is 4.21. The van der Waals surface area contributed by atoms with Crippen molar-refractivity contribution >= 4 is 29.2 Å². The molecule has 1 amide bonds. The van der Waals surface area contributed by atoms with Crippen molar-refractivity contribution in [2.24, 2.45) is 0 Å². The number of esters is 1. The predicted molar refractivity (Wildman–Crippen MR) is 99.7 cm³/mol. The van der Waals surface area contributed by atoms with Gasteiger partial charge in [-0.25, -0.2) is 4.79 Å². The Labute approximate surface area is 157 Å². The Bertz CT molecular complexity index is 849. The fraction of sp³-hybridized carbons (Fsp3) is 0.300. The van der Waals surface area contributed by atoms with Gasteiger partial charge < -0.3 is 14.4 Å². The summed E-state index contributed by atoms with van der Waals surface area (Å²) in [6.45, 7) is 5.62. The number of anilines is 1. The van der Waals surface area contributed by atoms with Gasteiger partial charge in [0.2, 0.25) is 0 Å². The van der Waals surface area contributed by atoms with E-state index in [-0.39, 0.29) is 18.0 Å². The highest BCUT2D eigenvalue weighted by Gasteiger charge is 2.31. The topological polar surface area (TPSA) is 55.8 Å². The molecule has 1 heterocycles. The Hall–Kier alpha value is -2.53. The summed E-state index contributed by atoms with van der Waals surface area (Å²) in [7, 11) is 0. The number of carbonyl (C=O) groups excluding carboxylic acids is 2. The number of rotatable bonds is 4. The molecule has 0 radical (unpaired) electrons. The largest absolute Gasteiger partial charge is 0.479 e. The van der Waals surface area contributed by atoms with E-state index in [0.717, 1.165) is 5.56 Å². The van der Waals surface area contributed by atoms with Gasteiger partial charge in [-0.2, -0.15) is 0 Å². The zero-order valence-corrected chi connectivity index (χ0v) is 15.6. The van der Waals surface area contributed by atoms with Gasteiger partial charge in [0.05, 0.1) is 23.9 Å². The third kappa shape index (κ3) is 3.83. The minimum Gasteiger partial charge on any atom is -0.479 e. The van der Waals surface area contributed by atoms with Crippen LogP contribution in [0, 0.1) is 0 Å². The lowest BCUT2D eigenvalue weighted by atomic mass is 10.1. The molecule has 0 aliphatic carbocycles. The number of hydrogen-bond donors (Lipinski definition) is 0. The van der Waals surface area contributed by atoms with Crippen LogP contribution in [0.4, 0.5) is 5.69 Å². The van der Waals surface area contributed by atoms with Crippen LogP contribution in [0.5, 0.6) is 5.75 Å². The first-order valence-electron chi connectivity index (χ1n) is 8.42. The van der Waals surface area contributed by atoms with E-state index < -0.39 is 6.10 Å². The van der Waals surface area contributed by atoms with Gasteiger partial charge in [0, 0.05) is 5.02 Å². The van der Waals surface area contributed by atoms with Crippen LogP contribution < -0.4 is 9.64 Å². The highest BCUT2D eigenvalue weighted by Crippen LogP contribution is 2.37. The second kappa shape index (κ2) is 7.38. The maximum Gasteiger partial charge on any atom is 0.338 e. The number of amides is 1. The van der Waals surface area contributed by atoms with Gasteiger partial charge in [-0.1, -0.05) is 23.7 Å². The lowest BCUT2D eigenvalue weighted by Gasteiger charge is -2.33. The van der Waals surface area contributed by atoms with Crippen molar-refractivity contribution in [1.82, 2.24) is 0 Å². The molecule has 0 spiro atoms. The van der Waals surface area contributed by atoms with E-state index in [4.69, 9.17) is 21.1 Å². The van der Waals surface area contributed by atoms with E-state index in [1.54, 1.807) is 62.1 Å². The van der Waals surface area contributed by atoms with E-state index in [9.17, 15) is 9.59 Å². The molecular weight excluding hydrogens is 354 g/mol. The average Bonchev–Trinajstić information content (AvgIpc) is 2.59. The molecule has 136 valence electrons. The molecule has 0 saturated heterocycles. The average molecular weight is 374 g/mol. The van der Waals surface area contributed by atoms with Gasteiger partial charge in [-0.3, -0.25) is 4.79 Å². The molecule has 2 aromatic carbocycles. The van der Waals surface area contributed by atoms with E-state index in [1.807, 2.05) is 6.07 Å². The van der Waals surface area contributed by atoms with E-state index >= 15 is 0 Å². The SMILES string of the molecule is CC(C)OC(=O)c1cccc(CN2C(=O)C(C)Oc3ccc(Cl)cc32)c1. The summed E-state index contributed by atoms with van der Waals surface area (Å²) >= 11 is 6.09. The van der Waals surface area contributed by atoms with Gasteiger partial charge in [0.1, 0.15) is 5.75 Å². The number of benzene rings is 2. The quantitative estimate of drug-likeness (QED) is 0.753. The number of ether oxygens (including phenoxy) is 2. The molecule has 3 rings (SSSR count). The summed E-state index contributed by atoms with van der Waals surface area (Å²) in [5.74, 6) is 0.0683. The number of hydrogen-bond acceptors (Lipinski definition) is 4. The van der Waals surface area contributed by atoms with Crippen LogP contribution in [0.1, 0.15) is 36.7 Å². The van der Waals surface area contributed by atoms with Gasteiger partial charge in [-0.15, -0.1) is 0 Å². The molecule has 2 aromatic rings. The van der Waals surface area contributed by atoms with Crippen LogP contribution in [-0.4, -0.2) is 24.1 Å². The van der Waals surface area contributed by atoms with Gasteiger partial charge >= 0.3 is 5.97 Å². The summed E-state index contributed by atoms with van der Waals surface area (Å²) in [6, 6.07) is 12.3. The fourth-order valence-corrected chi connectivity index (χ4v) is 2.97. The Morgan fingerprint density at radius 3 is 2.77 bits per heavy atom. The number of nitrogens with zero attached hydrogens (tertiary/aromatic N) is 1. The summed E-state index contributed by atoms with van der Waals surface area (Å²) in [5, 5.41) is 0.522. The van der Waals surface area contributed by atoms with Gasteiger partial charge in [-0.05, 0) is 56.7 Å². The molecule has 0 aromatic heterocycles. The first kappa shape index (κ1) is 18.3. The van der Waals surface area contributed by atoms with Gasteiger partial charge in [0.25, 0.3) is 5.91 Å². The van der Waals surface area contributed by atoms with E-state index in [2.05, 4.69) is 0 Å². The highest BCUT2D eigenvalue weighted by atomic mass is 35.5. The Balaban J connectivity index is 1.90. The van der Waals surface area contributed by atoms with Crippen molar-refractivity contribution in [2.45, 2.75) is 39.5 Å². The number of carbonyl (C=O) groups is 2. The standard InChI is InChI=1S/C20H20ClNO4/c1-12(2)25-20(24)15-6-4-5-14(9-15)11-22-17-10-16(21)7-8-18(17)26-13(3)19(22)23/h4-10,12-13H,11H2,1-3H3. The van der Waals surface area contributed by atoms with Crippen molar-refractivity contribution in [3.05, 3.63) is 58.6 Å². The minimum atomic E-state index is -0.585. The maximum atomic E-state index is 12.6.